The van der Waals surface area contributed by atoms with Crippen molar-refractivity contribution in [3.05, 3.63) is 22.4 Å². The van der Waals surface area contributed by atoms with E-state index in [1.54, 1.807) is 0 Å². The average molecular weight is 252 g/mol. The maximum Gasteiger partial charge on any atom is 0.0467 e. The summed E-state index contributed by atoms with van der Waals surface area (Å²) in [7, 11) is 0. The zero-order chi connectivity index (χ0) is 12.3. The number of nitrogens with two attached hydrogens (primary N) is 1. The summed E-state index contributed by atoms with van der Waals surface area (Å²) >= 11 is 1.88. The van der Waals surface area contributed by atoms with Gasteiger partial charge in [0, 0.05) is 23.5 Å². The van der Waals surface area contributed by atoms with Crippen LogP contribution in [0.25, 0.3) is 0 Å². The topological polar surface area (TPSA) is 29.3 Å². The minimum atomic E-state index is 0.559. The monoisotopic (exact) mass is 252 g/mol. The first-order chi connectivity index (χ1) is 8.24. The van der Waals surface area contributed by atoms with Crippen LogP contribution in [0.15, 0.2) is 17.5 Å². The second-order valence-electron chi connectivity index (χ2n) is 5.33. The molecule has 96 valence electrons. The Morgan fingerprint density at radius 2 is 2.29 bits per heavy atom. The Morgan fingerprint density at radius 3 is 2.88 bits per heavy atom. The molecule has 0 saturated carbocycles. The molecule has 0 aromatic carbocycles. The highest BCUT2D eigenvalue weighted by molar-refractivity contribution is 7.10. The van der Waals surface area contributed by atoms with E-state index in [0.29, 0.717) is 18.0 Å². The lowest BCUT2D eigenvalue weighted by atomic mass is 9.93. The van der Waals surface area contributed by atoms with Crippen LogP contribution in [0.5, 0.6) is 0 Å². The van der Waals surface area contributed by atoms with E-state index in [2.05, 4.69) is 36.3 Å². The molecular formula is C14H24N2S. The SMILES string of the molecule is CC(C)C(c1cccs1)N1CCCCC1CN. The van der Waals surface area contributed by atoms with Crippen LogP contribution in [0.4, 0.5) is 0 Å². The lowest BCUT2D eigenvalue weighted by Crippen LogP contribution is -2.47. The van der Waals surface area contributed by atoms with Gasteiger partial charge in [0.1, 0.15) is 0 Å². The van der Waals surface area contributed by atoms with Gasteiger partial charge in [0.2, 0.25) is 0 Å². The summed E-state index contributed by atoms with van der Waals surface area (Å²) in [4.78, 5) is 4.15. The molecule has 2 nitrogen and oxygen atoms in total. The predicted octanol–water partition coefficient (Wildman–Crippen LogP) is 3.26. The van der Waals surface area contributed by atoms with Crippen LogP contribution in [-0.4, -0.2) is 24.0 Å². The van der Waals surface area contributed by atoms with Crippen molar-refractivity contribution in [2.75, 3.05) is 13.1 Å². The van der Waals surface area contributed by atoms with Crippen LogP contribution >= 0.6 is 11.3 Å². The first-order valence-electron chi connectivity index (χ1n) is 6.73. The lowest BCUT2D eigenvalue weighted by Gasteiger charge is -2.42. The summed E-state index contributed by atoms with van der Waals surface area (Å²) < 4.78 is 0. The number of hydrogen-bond donors (Lipinski definition) is 1. The third kappa shape index (κ3) is 2.90. The molecule has 1 aromatic heterocycles. The van der Waals surface area contributed by atoms with Crippen molar-refractivity contribution in [2.45, 2.75) is 45.2 Å². The number of piperidine rings is 1. The molecule has 1 fully saturated rings. The summed E-state index contributed by atoms with van der Waals surface area (Å²) in [6.07, 6.45) is 3.93. The fraction of sp³-hybridized carbons (Fsp3) is 0.714. The van der Waals surface area contributed by atoms with E-state index >= 15 is 0 Å². The molecule has 1 aromatic rings. The van der Waals surface area contributed by atoms with E-state index in [1.165, 1.54) is 30.7 Å². The zero-order valence-electron chi connectivity index (χ0n) is 10.9. The zero-order valence-corrected chi connectivity index (χ0v) is 11.7. The van der Waals surface area contributed by atoms with Crippen LogP contribution in [0, 0.1) is 5.92 Å². The van der Waals surface area contributed by atoms with Crippen LogP contribution in [0.3, 0.4) is 0 Å². The number of thiophene rings is 1. The molecule has 17 heavy (non-hydrogen) atoms. The van der Waals surface area contributed by atoms with Crippen molar-refractivity contribution in [2.24, 2.45) is 11.7 Å². The smallest absolute Gasteiger partial charge is 0.0467 e. The first kappa shape index (κ1) is 13.1. The quantitative estimate of drug-likeness (QED) is 0.891. The van der Waals surface area contributed by atoms with Crippen molar-refractivity contribution in [3.63, 3.8) is 0 Å². The van der Waals surface area contributed by atoms with E-state index in [1.807, 2.05) is 11.3 Å². The molecule has 0 bridgehead atoms. The molecule has 1 saturated heterocycles. The third-order valence-corrected chi connectivity index (χ3v) is 4.71. The second kappa shape index (κ2) is 5.98. The van der Waals surface area contributed by atoms with E-state index in [9.17, 15) is 0 Å². The maximum absolute atomic E-state index is 5.95. The molecule has 1 aliphatic heterocycles. The molecule has 0 radical (unpaired) electrons. The highest BCUT2D eigenvalue weighted by Gasteiger charge is 2.31. The Labute approximate surface area is 109 Å². The van der Waals surface area contributed by atoms with Gasteiger partial charge in [-0.15, -0.1) is 11.3 Å². The number of rotatable bonds is 4. The Kier molecular flexibility index (Phi) is 4.60. The van der Waals surface area contributed by atoms with Crippen molar-refractivity contribution >= 4 is 11.3 Å². The van der Waals surface area contributed by atoms with Crippen molar-refractivity contribution in [1.82, 2.24) is 4.90 Å². The summed E-state index contributed by atoms with van der Waals surface area (Å²) in [5.41, 5.74) is 5.95. The molecule has 0 amide bonds. The van der Waals surface area contributed by atoms with Gasteiger partial charge in [0.05, 0.1) is 0 Å². The molecule has 3 heteroatoms. The number of hydrogen-bond acceptors (Lipinski definition) is 3. The second-order valence-corrected chi connectivity index (χ2v) is 6.31. The minimum Gasteiger partial charge on any atom is -0.329 e. The molecule has 1 aliphatic rings. The molecule has 0 spiro atoms. The standard InChI is InChI=1S/C14H24N2S/c1-11(2)14(13-7-5-9-17-13)16-8-4-3-6-12(16)10-15/h5,7,9,11-12,14H,3-4,6,8,10,15H2,1-2H3. The van der Waals surface area contributed by atoms with Crippen molar-refractivity contribution in [1.29, 1.82) is 0 Å². The fourth-order valence-electron chi connectivity index (χ4n) is 2.98. The van der Waals surface area contributed by atoms with Crippen molar-refractivity contribution in [3.8, 4) is 0 Å². The molecule has 2 heterocycles. The van der Waals surface area contributed by atoms with Crippen LogP contribution in [0.1, 0.15) is 44.0 Å². The Morgan fingerprint density at radius 1 is 1.47 bits per heavy atom. The summed E-state index contributed by atoms with van der Waals surface area (Å²) in [5, 5.41) is 2.19. The summed E-state index contributed by atoms with van der Waals surface area (Å²) in [6.45, 7) is 6.66. The lowest BCUT2D eigenvalue weighted by molar-refractivity contribution is 0.0747. The van der Waals surface area contributed by atoms with Crippen LogP contribution in [0.2, 0.25) is 0 Å². The summed E-state index contributed by atoms with van der Waals surface area (Å²) in [5.74, 6) is 0.654. The van der Waals surface area contributed by atoms with Gasteiger partial charge in [-0.1, -0.05) is 26.3 Å². The van der Waals surface area contributed by atoms with E-state index in [0.717, 1.165) is 6.54 Å². The highest BCUT2D eigenvalue weighted by atomic mass is 32.1. The maximum atomic E-state index is 5.95. The molecule has 2 rings (SSSR count). The van der Waals surface area contributed by atoms with Gasteiger partial charge in [-0.05, 0) is 36.8 Å². The number of nitrogens with zero attached hydrogens (tertiary/aromatic N) is 1. The van der Waals surface area contributed by atoms with Gasteiger partial charge in [0.25, 0.3) is 0 Å². The van der Waals surface area contributed by atoms with Gasteiger partial charge in [0.15, 0.2) is 0 Å². The Hall–Kier alpha value is -0.380. The van der Waals surface area contributed by atoms with E-state index in [-0.39, 0.29) is 0 Å². The Balaban J connectivity index is 2.20. The molecule has 0 aliphatic carbocycles. The van der Waals surface area contributed by atoms with Gasteiger partial charge in [-0.2, -0.15) is 0 Å². The van der Waals surface area contributed by atoms with E-state index < -0.39 is 0 Å². The summed E-state index contributed by atoms with van der Waals surface area (Å²) in [6, 6.07) is 5.58. The normalized spacial score (nSPS) is 24.1. The molecular weight excluding hydrogens is 228 g/mol. The fourth-order valence-corrected chi connectivity index (χ4v) is 4.00. The van der Waals surface area contributed by atoms with Gasteiger partial charge in [-0.3, -0.25) is 4.90 Å². The van der Waals surface area contributed by atoms with Gasteiger partial charge < -0.3 is 5.73 Å². The molecule has 2 atom stereocenters. The average Bonchev–Trinajstić information content (AvgIpc) is 2.83. The van der Waals surface area contributed by atoms with Gasteiger partial charge >= 0.3 is 0 Å². The highest BCUT2D eigenvalue weighted by Crippen LogP contribution is 2.35. The van der Waals surface area contributed by atoms with Crippen molar-refractivity contribution < 1.29 is 0 Å². The molecule has 2 unspecified atom stereocenters. The van der Waals surface area contributed by atoms with Gasteiger partial charge in [-0.25, -0.2) is 0 Å². The largest absolute Gasteiger partial charge is 0.329 e. The first-order valence-corrected chi connectivity index (χ1v) is 7.61. The predicted molar refractivity (Wildman–Crippen MR) is 75.3 cm³/mol. The van der Waals surface area contributed by atoms with Crippen LogP contribution in [-0.2, 0) is 0 Å². The third-order valence-electron chi connectivity index (χ3n) is 3.77. The Bertz CT molecular complexity index is 321. The van der Waals surface area contributed by atoms with E-state index in [4.69, 9.17) is 5.73 Å². The van der Waals surface area contributed by atoms with Crippen LogP contribution < -0.4 is 5.73 Å². The number of likely N-dealkylation sites (tertiary alicyclic amines) is 1. The molecule has 2 N–H and O–H groups in total. The minimum absolute atomic E-state index is 0.559.